The predicted octanol–water partition coefficient (Wildman–Crippen LogP) is 0.969. The molecule has 0 amide bonds. The van der Waals surface area contributed by atoms with E-state index in [1.54, 1.807) is 7.11 Å². The first kappa shape index (κ1) is 14.9. The molecule has 1 saturated heterocycles. The van der Waals surface area contributed by atoms with Crippen LogP contribution in [0.5, 0.6) is 0 Å². The summed E-state index contributed by atoms with van der Waals surface area (Å²) in [6.45, 7) is 7.17. The second kappa shape index (κ2) is 7.31. The largest absolute Gasteiger partial charge is 0.384 e. The zero-order valence-electron chi connectivity index (χ0n) is 11.8. The molecule has 0 aliphatic carbocycles. The smallest absolute Gasteiger partial charge is 0.0615 e. The standard InChI is InChI=1S/C13H28N2O2/c1-12(9-16-3)15(2)10-13(11-17-4)5-7-14-8-6-13/h12,14H,5-11H2,1-4H3. The first-order chi connectivity index (χ1) is 8.13. The van der Waals surface area contributed by atoms with Crippen LogP contribution >= 0.6 is 0 Å². The zero-order chi connectivity index (χ0) is 12.7. The summed E-state index contributed by atoms with van der Waals surface area (Å²) < 4.78 is 10.7. The van der Waals surface area contributed by atoms with Gasteiger partial charge in [-0.25, -0.2) is 0 Å². The minimum atomic E-state index is 0.316. The number of methoxy groups -OCH3 is 2. The van der Waals surface area contributed by atoms with E-state index in [1.807, 2.05) is 7.11 Å². The van der Waals surface area contributed by atoms with Gasteiger partial charge in [-0.05, 0) is 39.9 Å². The maximum atomic E-state index is 5.44. The molecule has 102 valence electrons. The molecule has 1 rings (SSSR count). The van der Waals surface area contributed by atoms with Crippen LogP contribution in [0.3, 0.4) is 0 Å². The highest BCUT2D eigenvalue weighted by Gasteiger charge is 2.34. The van der Waals surface area contributed by atoms with E-state index in [2.05, 4.69) is 24.2 Å². The number of hydrogen-bond donors (Lipinski definition) is 1. The monoisotopic (exact) mass is 244 g/mol. The highest BCUT2D eigenvalue weighted by atomic mass is 16.5. The van der Waals surface area contributed by atoms with Gasteiger partial charge in [-0.15, -0.1) is 0 Å². The molecule has 0 saturated carbocycles. The van der Waals surface area contributed by atoms with Crippen molar-refractivity contribution in [3.05, 3.63) is 0 Å². The number of nitrogens with zero attached hydrogens (tertiary/aromatic N) is 1. The van der Waals surface area contributed by atoms with Crippen molar-refractivity contribution in [1.82, 2.24) is 10.2 Å². The van der Waals surface area contributed by atoms with Crippen molar-refractivity contribution in [1.29, 1.82) is 0 Å². The van der Waals surface area contributed by atoms with Crippen LogP contribution in [-0.2, 0) is 9.47 Å². The molecule has 17 heavy (non-hydrogen) atoms. The number of nitrogens with one attached hydrogen (secondary N) is 1. The molecular formula is C13H28N2O2. The lowest BCUT2D eigenvalue weighted by Crippen LogP contribution is -2.48. The van der Waals surface area contributed by atoms with E-state index in [-0.39, 0.29) is 0 Å². The third-order valence-corrected chi connectivity index (χ3v) is 3.86. The minimum Gasteiger partial charge on any atom is -0.384 e. The van der Waals surface area contributed by atoms with Crippen LogP contribution < -0.4 is 5.32 Å². The fourth-order valence-corrected chi connectivity index (χ4v) is 2.66. The van der Waals surface area contributed by atoms with E-state index in [0.717, 1.165) is 32.8 Å². The van der Waals surface area contributed by atoms with Gasteiger partial charge in [-0.3, -0.25) is 0 Å². The molecule has 0 aromatic heterocycles. The zero-order valence-corrected chi connectivity index (χ0v) is 11.8. The van der Waals surface area contributed by atoms with Gasteiger partial charge in [0.2, 0.25) is 0 Å². The number of rotatable bonds is 7. The molecule has 0 aromatic rings. The van der Waals surface area contributed by atoms with Crippen molar-refractivity contribution >= 4 is 0 Å². The first-order valence-electron chi connectivity index (χ1n) is 6.52. The maximum absolute atomic E-state index is 5.44. The average molecular weight is 244 g/mol. The van der Waals surface area contributed by atoms with Crippen LogP contribution in [0, 0.1) is 5.41 Å². The summed E-state index contributed by atoms with van der Waals surface area (Å²) in [6.07, 6.45) is 2.40. The molecule has 0 radical (unpaired) electrons. The summed E-state index contributed by atoms with van der Waals surface area (Å²) in [4.78, 5) is 2.40. The lowest BCUT2D eigenvalue weighted by Gasteiger charge is -2.41. The Morgan fingerprint density at radius 2 is 1.88 bits per heavy atom. The van der Waals surface area contributed by atoms with Crippen LogP contribution in [0.15, 0.2) is 0 Å². The van der Waals surface area contributed by atoms with Crippen molar-refractivity contribution in [2.75, 3.05) is 54.1 Å². The molecular weight excluding hydrogens is 216 g/mol. The molecule has 4 heteroatoms. The second-order valence-corrected chi connectivity index (χ2v) is 5.40. The molecule has 0 spiro atoms. The van der Waals surface area contributed by atoms with E-state index in [1.165, 1.54) is 12.8 Å². The quantitative estimate of drug-likeness (QED) is 0.723. The Bertz CT molecular complexity index is 200. The molecule has 1 heterocycles. The molecule has 1 unspecified atom stereocenters. The van der Waals surface area contributed by atoms with Gasteiger partial charge in [0.25, 0.3) is 0 Å². The Hall–Kier alpha value is -0.160. The summed E-state index contributed by atoms with van der Waals surface area (Å²) in [6, 6.07) is 0.462. The van der Waals surface area contributed by atoms with Gasteiger partial charge < -0.3 is 19.7 Å². The number of likely N-dealkylation sites (N-methyl/N-ethyl adjacent to an activating group) is 1. The Labute approximate surface area is 106 Å². The van der Waals surface area contributed by atoms with Gasteiger partial charge in [0.05, 0.1) is 13.2 Å². The third kappa shape index (κ3) is 4.54. The van der Waals surface area contributed by atoms with Gasteiger partial charge in [0.15, 0.2) is 0 Å². The normalized spacial score (nSPS) is 21.7. The SMILES string of the molecule is COCC(C)N(C)CC1(COC)CCNCC1. The molecule has 1 N–H and O–H groups in total. The van der Waals surface area contributed by atoms with Crippen LogP contribution in [0.4, 0.5) is 0 Å². The predicted molar refractivity (Wildman–Crippen MR) is 70.4 cm³/mol. The average Bonchev–Trinajstić information content (AvgIpc) is 2.30. The molecule has 0 aromatic carbocycles. The Balaban J connectivity index is 2.52. The van der Waals surface area contributed by atoms with Crippen LogP contribution in [0.2, 0.25) is 0 Å². The summed E-state index contributed by atoms with van der Waals surface area (Å²) in [7, 11) is 5.76. The van der Waals surface area contributed by atoms with Gasteiger partial charge in [0.1, 0.15) is 0 Å². The summed E-state index contributed by atoms with van der Waals surface area (Å²) in [5.41, 5.74) is 0.316. The molecule has 0 bridgehead atoms. The molecule has 4 nitrogen and oxygen atoms in total. The van der Waals surface area contributed by atoms with E-state index >= 15 is 0 Å². The van der Waals surface area contributed by atoms with Gasteiger partial charge in [-0.1, -0.05) is 0 Å². The van der Waals surface area contributed by atoms with Crippen molar-refractivity contribution in [2.24, 2.45) is 5.41 Å². The van der Waals surface area contributed by atoms with Crippen LogP contribution in [-0.4, -0.2) is 65.1 Å². The van der Waals surface area contributed by atoms with Crippen molar-refractivity contribution in [2.45, 2.75) is 25.8 Å². The van der Waals surface area contributed by atoms with E-state index in [4.69, 9.17) is 9.47 Å². The fourth-order valence-electron chi connectivity index (χ4n) is 2.66. The Kier molecular flexibility index (Phi) is 6.41. The number of ether oxygens (including phenoxy) is 2. The highest BCUT2D eigenvalue weighted by molar-refractivity contribution is 4.87. The van der Waals surface area contributed by atoms with Crippen LogP contribution in [0.1, 0.15) is 19.8 Å². The lowest BCUT2D eigenvalue weighted by atomic mass is 9.79. The van der Waals surface area contributed by atoms with Crippen molar-refractivity contribution in [3.63, 3.8) is 0 Å². The Morgan fingerprint density at radius 1 is 1.24 bits per heavy atom. The van der Waals surface area contributed by atoms with Gasteiger partial charge in [-0.2, -0.15) is 0 Å². The van der Waals surface area contributed by atoms with Crippen molar-refractivity contribution < 1.29 is 9.47 Å². The molecule has 1 atom stereocenters. The van der Waals surface area contributed by atoms with E-state index in [9.17, 15) is 0 Å². The van der Waals surface area contributed by atoms with Gasteiger partial charge >= 0.3 is 0 Å². The fraction of sp³-hybridized carbons (Fsp3) is 1.00. The third-order valence-electron chi connectivity index (χ3n) is 3.86. The van der Waals surface area contributed by atoms with Crippen molar-refractivity contribution in [3.8, 4) is 0 Å². The number of piperidine rings is 1. The molecule has 1 aliphatic rings. The molecule has 1 aliphatic heterocycles. The Morgan fingerprint density at radius 3 is 2.41 bits per heavy atom. The number of hydrogen-bond acceptors (Lipinski definition) is 4. The molecule has 1 fully saturated rings. The second-order valence-electron chi connectivity index (χ2n) is 5.40. The topological polar surface area (TPSA) is 33.7 Å². The minimum absolute atomic E-state index is 0.316. The summed E-state index contributed by atoms with van der Waals surface area (Å²) in [5, 5.41) is 3.43. The summed E-state index contributed by atoms with van der Waals surface area (Å²) in [5.74, 6) is 0. The van der Waals surface area contributed by atoms with E-state index < -0.39 is 0 Å². The van der Waals surface area contributed by atoms with Crippen LogP contribution in [0.25, 0.3) is 0 Å². The van der Waals surface area contributed by atoms with E-state index in [0.29, 0.717) is 11.5 Å². The highest BCUT2D eigenvalue weighted by Crippen LogP contribution is 2.30. The first-order valence-corrected chi connectivity index (χ1v) is 6.52. The lowest BCUT2D eigenvalue weighted by molar-refractivity contribution is 0.00993. The van der Waals surface area contributed by atoms with Gasteiger partial charge in [0, 0.05) is 32.2 Å². The summed E-state index contributed by atoms with van der Waals surface area (Å²) >= 11 is 0. The maximum Gasteiger partial charge on any atom is 0.0615 e.